The van der Waals surface area contributed by atoms with Gasteiger partial charge in [0.25, 0.3) is 0 Å². The molecule has 1 nitrogen and oxygen atoms in total. The number of nitrogens with zero attached hydrogens (tertiary/aromatic N) is 1. The molecule has 0 radical (unpaired) electrons. The van der Waals surface area contributed by atoms with E-state index >= 15 is 0 Å². The summed E-state index contributed by atoms with van der Waals surface area (Å²) in [7, 11) is -3.63. The third-order valence-corrected chi connectivity index (χ3v) is 2.58. The van der Waals surface area contributed by atoms with Crippen LogP contribution in [0.15, 0.2) is 0 Å². The van der Waals surface area contributed by atoms with Crippen molar-refractivity contribution in [2.75, 3.05) is 26.7 Å². The highest BCUT2D eigenvalue weighted by molar-refractivity contribution is 6.50. The first-order valence-corrected chi connectivity index (χ1v) is 5.89. The Hall–Kier alpha value is -0.255. The van der Waals surface area contributed by atoms with Gasteiger partial charge in [-0.1, -0.05) is 20.3 Å². The summed E-state index contributed by atoms with van der Waals surface area (Å²) in [6.45, 7) is 10.8. The molecule has 100 valence electrons. The predicted octanol–water partition coefficient (Wildman–Crippen LogP) is 3.96. The van der Waals surface area contributed by atoms with E-state index in [4.69, 9.17) is 0 Å². The summed E-state index contributed by atoms with van der Waals surface area (Å²) in [5, 5.41) is 0. The van der Waals surface area contributed by atoms with Gasteiger partial charge in [0.05, 0.1) is 26.7 Å². The molecule has 0 aromatic carbocycles. The van der Waals surface area contributed by atoms with Crippen LogP contribution in [-0.2, 0) is 0 Å². The van der Waals surface area contributed by atoms with Crippen LogP contribution in [0.4, 0.5) is 17.3 Å². The Labute approximate surface area is 96.5 Å². The van der Waals surface area contributed by atoms with Crippen molar-refractivity contribution in [3.05, 3.63) is 0 Å². The molecule has 0 aliphatic heterocycles. The molecule has 0 aliphatic carbocycles. The molecule has 0 heterocycles. The third-order valence-electron chi connectivity index (χ3n) is 2.58. The van der Waals surface area contributed by atoms with Crippen molar-refractivity contribution in [2.45, 2.75) is 40.0 Å². The van der Waals surface area contributed by atoms with Gasteiger partial charge in [0.2, 0.25) is 0 Å². The Morgan fingerprint density at radius 1 is 0.875 bits per heavy atom. The zero-order valence-corrected chi connectivity index (χ0v) is 10.8. The highest BCUT2D eigenvalue weighted by Gasteiger charge is 2.20. The lowest BCUT2D eigenvalue weighted by Crippen LogP contribution is -2.45. The fraction of sp³-hybridized carbons (Fsp3) is 1.00. The molecular weight excluding hydrogens is 221 g/mol. The van der Waals surface area contributed by atoms with Crippen molar-refractivity contribution in [2.24, 2.45) is 0 Å². The Morgan fingerprint density at radius 2 is 1.31 bits per heavy atom. The third kappa shape index (κ3) is 16.2. The Morgan fingerprint density at radius 3 is 1.56 bits per heavy atom. The van der Waals surface area contributed by atoms with Crippen LogP contribution in [0.1, 0.15) is 40.0 Å². The van der Waals surface area contributed by atoms with Crippen molar-refractivity contribution >= 4 is 7.25 Å². The first-order chi connectivity index (χ1) is 7.18. The number of quaternary nitrogens is 1. The van der Waals surface area contributed by atoms with Crippen molar-refractivity contribution in [3.63, 3.8) is 0 Å². The molecule has 0 aromatic heterocycles. The second-order valence-electron chi connectivity index (χ2n) is 4.23. The molecule has 0 spiro atoms. The quantitative estimate of drug-likeness (QED) is 0.377. The van der Waals surface area contributed by atoms with Crippen LogP contribution in [0.25, 0.3) is 0 Å². The van der Waals surface area contributed by atoms with Gasteiger partial charge in [-0.15, -0.1) is 0 Å². The fourth-order valence-electron chi connectivity index (χ4n) is 1.51. The SMILES string of the molecule is CCCC[N+](C)(CC)CCC.F[B-](F)(F)F. The second-order valence-corrected chi connectivity index (χ2v) is 4.23. The van der Waals surface area contributed by atoms with Gasteiger partial charge in [-0.05, 0) is 19.8 Å². The number of hydrogen-bond acceptors (Lipinski definition) is 0. The zero-order chi connectivity index (χ0) is 13.2. The Balaban J connectivity index is 0. The van der Waals surface area contributed by atoms with E-state index in [-0.39, 0.29) is 0 Å². The number of unbranched alkanes of at least 4 members (excludes halogenated alkanes) is 1. The van der Waals surface area contributed by atoms with E-state index in [1.165, 1.54) is 43.4 Å². The molecule has 0 aliphatic rings. The fourth-order valence-corrected chi connectivity index (χ4v) is 1.51. The van der Waals surface area contributed by atoms with Gasteiger partial charge in [0, 0.05) is 0 Å². The minimum absolute atomic E-state index is 1.27. The maximum Gasteiger partial charge on any atom is 0.673 e. The van der Waals surface area contributed by atoms with E-state index in [9.17, 15) is 17.3 Å². The second kappa shape index (κ2) is 8.85. The maximum atomic E-state index is 9.75. The largest absolute Gasteiger partial charge is 0.673 e. The van der Waals surface area contributed by atoms with E-state index < -0.39 is 7.25 Å². The predicted molar refractivity (Wildman–Crippen MR) is 61.8 cm³/mol. The smallest absolute Gasteiger partial charge is 0.418 e. The minimum atomic E-state index is -6.00. The molecule has 0 aromatic rings. The molecular formula is C10H24BF4N. The van der Waals surface area contributed by atoms with Crippen molar-refractivity contribution in [3.8, 4) is 0 Å². The average molecular weight is 245 g/mol. The summed E-state index contributed by atoms with van der Waals surface area (Å²) in [4.78, 5) is 0. The molecule has 0 bridgehead atoms. The summed E-state index contributed by atoms with van der Waals surface area (Å²) in [5.41, 5.74) is 0. The highest BCUT2D eigenvalue weighted by Crippen LogP contribution is 2.07. The van der Waals surface area contributed by atoms with Crippen molar-refractivity contribution in [1.82, 2.24) is 0 Å². The van der Waals surface area contributed by atoms with Crippen LogP contribution in [0, 0.1) is 0 Å². The van der Waals surface area contributed by atoms with Crippen LogP contribution in [-0.4, -0.2) is 38.4 Å². The van der Waals surface area contributed by atoms with Crippen LogP contribution in [0.3, 0.4) is 0 Å². The van der Waals surface area contributed by atoms with Gasteiger partial charge in [0.15, 0.2) is 0 Å². The first kappa shape index (κ1) is 18.1. The molecule has 16 heavy (non-hydrogen) atoms. The lowest BCUT2D eigenvalue weighted by molar-refractivity contribution is -0.908. The summed E-state index contributed by atoms with van der Waals surface area (Å²) in [6.07, 6.45) is 4.02. The maximum absolute atomic E-state index is 9.75. The lowest BCUT2D eigenvalue weighted by atomic mass is 10.2. The van der Waals surface area contributed by atoms with E-state index in [1.807, 2.05) is 0 Å². The van der Waals surface area contributed by atoms with Crippen LogP contribution < -0.4 is 0 Å². The van der Waals surface area contributed by atoms with Gasteiger partial charge in [-0.25, -0.2) is 0 Å². The highest BCUT2D eigenvalue weighted by atomic mass is 19.5. The van der Waals surface area contributed by atoms with Gasteiger partial charge in [0.1, 0.15) is 0 Å². The Bertz CT molecular complexity index is 157. The van der Waals surface area contributed by atoms with Crippen molar-refractivity contribution < 1.29 is 21.7 Å². The normalized spacial score (nSPS) is 15.0. The molecule has 0 N–H and O–H groups in total. The monoisotopic (exact) mass is 245 g/mol. The zero-order valence-electron chi connectivity index (χ0n) is 10.8. The summed E-state index contributed by atoms with van der Waals surface area (Å²) in [6, 6.07) is 0. The van der Waals surface area contributed by atoms with Gasteiger partial charge in [-0.2, -0.15) is 0 Å². The first-order valence-electron chi connectivity index (χ1n) is 5.89. The van der Waals surface area contributed by atoms with E-state index in [0.29, 0.717) is 0 Å². The number of rotatable bonds is 6. The van der Waals surface area contributed by atoms with Gasteiger partial charge in [-0.3, -0.25) is 0 Å². The molecule has 0 amide bonds. The van der Waals surface area contributed by atoms with Crippen LogP contribution >= 0.6 is 0 Å². The molecule has 6 heteroatoms. The Kier molecular flexibility index (Phi) is 10.0. The van der Waals surface area contributed by atoms with Crippen molar-refractivity contribution in [1.29, 1.82) is 0 Å². The lowest BCUT2D eigenvalue weighted by Gasteiger charge is -2.33. The molecule has 1 unspecified atom stereocenters. The molecule has 0 fully saturated rings. The molecule has 0 saturated heterocycles. The topological polar surface area (TPSA) is 0 Å². The number of hydrogen-bond donors (Lipinski definition) is 0. The van der Waals surface area contributed by atoms with Gasteiger partial charge < -0.3 is 21.7 Å². The minimum Gasteiger partial charge on any atom is -0.418 e. The molecule has 0 saturated carbocycles. The summed E-state index contributed by atoms with van der Waals surface area (Å²) >= 11 is 0. The van der Waals surface area contributed by atoms with Crippen LogP contribution in [0.2, 0.25) is 0 Å². The number of halogens is 4. The van der Waals surface area contributed by atoms with E-state index in [1.54, 1.807) is 0 Å². The van der Waals surface area contributed by atoms with Gasteiger partial charge >= 0.3 is 7.25 Å². The summed E-state index contributed by atoms with van der Waals surface area (Å²) < 4.78 is 40.3. The molecule has 1 atom stereocenters. The van der Waals surface area contributed by atoms with E-state index in [2.05, 4.69) is 27.8 Å². The van der Waals surface area contributed by atoms with E-state index in [0.717, 1.165) is 0 Å². The average Bonchev–Trinajstić information content (AvgIpc) is 2.13. The summed E-state index contributed by atoms with van der Waals surface area (Å²) in [5.74, 6) is 0. The standard InChI is InChI=1S/C10H24N.BF4/c1-5-8-10-11(4,7-3)9-6-2;2-1(3,4)5/h5-10H2,1-4H3;/q+1;-1. The molecule has 0 rings (SSSR count). The van der Waals surface area contributed by atoms with Crippen LogP contribution in [0.5, 0.6) is 0 Å².